The van der Waals surface area contributed by atoms with Crippen LogP contribution in [0.15, 0.2) is 36.4 Å². The fraction of sp³-hybridized carbons (Fsp3) is 0.300. The number of hydrogen-bond donors (Lipinski definition) is 0. The second-order valence-corrected chi connectivity index (χ2v) is 5.92. The zero-order chi connectivity index (χ0) is 20.7. The summed E-state index contributed by atoms with van der Waals surface area (Å²) in [7, 11) is 1.52. The number of esters is 1. The minimum atomic E-state index is -0.685. The Morgan fingerprint density at radius 3 is 2.46 bits per heavy atom. The third-order valence-electron chi connectivity index (χ3n) is 4.04. The average molecular weight is 387 g/mol. The van der Waals surface area contributed by atoms with Gasteiger partial charge in [0, 0.05) is 29.4 Å². The summed E-state index contributed by atoms with van der Waals surface area (Å²) in [5, 5.41) is 11.0. The number of hydrogen-bond acceptors (Lipinski definition) is 7. The van der Waals surface area contributed by atoms with E-state index in [1.807, 2.05) is 6.92 Å². The van der Waals surface area contributed by atoms with Gasteiger partial charge in [-0.05, 0) is 32.0 Å². The molecule has 2 rings (SSSR count). The summed E-state index contributed by atoms with van der Waals surface area (Å²) in [5.74, 6) is -0.636. The maximum atomic E-state index is 12.3. The molecular formula is C20H21NO7. The van der Waals surface area contributed by atoms with Crippen LogP contribution in [-0.4, -0.2) is 37.0 Å². The quantitative estimate of drug-likeness (QED) is 0.281. The molecule has 0 saturated heterocycles. The first-order valence-electron chi connectivity index (χ1n) is 8.57. The first-order chi connectivity index (χ1) is 13.4. The first kappa shape index (κ1) is 21.0. The van der Waals surface area contributed by atoms with E-state index in [0.717, 1.165) is 0 Å². The van der Waals surface area contributed by atoms with E-state index < -0.39 is 23.3 Å². The monoisotopic (exact) mass is 387 g/mol. The third kappa shape index (κ3) is 5.14. The second-order valence-electron chi connectivity index (χ2n) is 5.92. The largest absolute Gasteiger partial charge is 0.496 e. The number of methoxy groups -OCH3 is 1. The minimum Gasteiger partial charge on any atom is -0.496 e. The Labute approximate surface area is 162 Å². The zero-order valence-electron chi connectivity index (χ0n) is 15.9. The van der Waals surface area contributed by atoms with Gasteiger partial charge in [-0.3, -0.25) is 14.9 Å². The number of nitro groups is 1. The Morgan fingerprint density at radius 2 is 1.82 bits per heavy atom. The van der Waals surface area contributed by atoms with Crippen molar-refractivity contribution in [2.75, 3.05) is 20.3 Å². The number of benzene rings is 2. The molecule has 0 aliphatic rings. The molecule has 0 aromatic heterocycles. The second kappa shape index (κ2) is 9.61. The molecule has 28 heavy (non-hydrogen) atoms. The maximum Gasteiger partial charge on any atom is 0.338 e. The van der Waals surface area contributed by atoms with Crippen LogP contribution >= 0.6 is 0 Å². The molecule has 0 atom stereocenters. The lowest BCUT2D eigenvalue weighted by molar-refractivity contribution is -0.385. The van der Waals surface area contributed by atoms with Crippen LogP contribution in [0, 0.1) is 17.0 Å². The molecule has 0 unspecified atom stereocenters. The molecule has 0 bridgehead atoms. The number of ketones is 1. The molecule has 0 N–H and O–H groups in total. The molecule has 0 fully saturated rings. The van der Waals surface area contributed by atoms with Crippen molar-refractivity contribution in [1.82, 2.24) is 0 Å². The van der Waals surface area contributed by atoms with Gasteiger partial charge in [0.05, 0.1) is 24.2 Å². The third-order valence-corrected chi connectivity index (χ3v) is 4.04. The van der Waals surface area contributed by atoms with Crippen molar-refractivity contribution in [2.45, 2.75) is 20.5 Å². The van der Waals surface area contributed by atoms with E-state index in [-0.39, 0.29) is 23.4 Å². The van der Waals surface area contributed by atoms with E-state index >= 15 is 0 Å². The summed E-state index contributed by atoms with van der Waals surface area (Å²) in [6, 6.07) is 8.85. The lowest BCUT2D eigenvalue weighted by Crippen LogP contribution is -2.15. The smallest absolute Gasteiger partial charge is 0.338 e. The number of carbonyl (C=O) groups excluding carboxylic acids is 2. The molecule has 0 radical (unpaired) electrons. The van der Waals surface area contributed by atoms with Crippen LogP contribution in [0.5, 0.6) is 5.75 Å². The number of rotatable bonds is 9. The highest BCUT2D eigenvalue weighted by Crippen LogP contribution is 2.22. The highest BCUT2D eigenvalue weighted by molar-refractivity contribution is 6.00. The molecular weight excluding hydrogens is 366 g/mol. The lowest BCUT2D eigenvalue weighted by Gasteiger charge is -2.11. The molecule has 0 aliphatic carbocycles. The van der Waals surface area contributed by atoms with Crippen molar-refractivity contribution in [3.63, 3.8) is 0 Å². The Morgan fingerprint density at radius 1 is 1.11 bits per heavy atom. The zero-order valence-corrected chi connectivity index (χ0v) is 15.9. The van der Waals surface area contributed by atoms with Crippen LogP contribution in [0.25, 0.3) is 0 Å². The minimum absolute atomic E-state index is 0.108. The van der Waals surface area contributed by atoms with Gasteiger partial charge in [-0.15, -0.1) is 0 Å². The Kier molecular flexibility index (Phi) is 7.22. The van der Waals surface area contributed by atoms with Gasteiger partial charge in [0.25, 0.3) is 5.69 Å². The molecule has 8 nitrogen and oxygen atoms in total. The van der Waals surface area contributed by atoms with E-state index in [0.29, 0.717) is 23.5 Å². The van der Waals surface area contributed by atoms with Gasteiger partial charge >= 0.3 is 5.97 Å². The first-order valence-corrected chi connectivity index (χ1v) is 8.57. The predicted molar refractivity (Wildman–Crippen MR) is 101 cm³/mol. The van der Waals surface area contributed by atoms with Crippen molar-refractivity contribution in [3.8, 4) is 5.75 Å². The average Bonchev–Trinajstić information content (AvgIpc) is 2.69. The van der Waals surface area contributed by atoms with Gasteiger partial charge in [-0.25, -0.2) is 4.79 Å². The Balaban J connectivity index is 2.08. The van der Waals surface area contributed by atoms with Crippen LogP contribution in [0.2, 0.25) is 0 Å². The molecule has 8 heteroatoms. The molecule has 148 valence electrons. The highest BCUT2D eigenvalue weighted by Gasteiger charge is 2.17. The van der Waals surface area contributed by atoms with Crippen LogP contribution in [0.1, 0.15) is 38.8 Å². The molecule has 2 aromatic rings. The van der Waals surface area contributed by atoms with Gasteiger partial charge in [0.15, 0.2) is 6.61 Å². The number of ether oxygens (including phenoxy) is 3. The summed E-state index contributed by atoms with van der Waals surface area (Å²) in [6.07, 6.45) is 0. The van der Waals surface area contributed by atoms with Crippen molar-refractivity contribution in [1.29, 1.82) is 0 Å². The van der Waals surface area contributed by atoms with Crippen molar-refractivity contribution in [3.05, 3.63) is 68.8 Å². The van der Waals surface area contributed by atoms with Crippen LogP contribution < -0.4 is 4.74 Å². The molecule has 0 saturated carbocycles. The Bertz CT molecular complexity index is 892. The van der Waals surface area contributed by atoms with Gasteiger partial charge in [-0.1, -0.05) is 12.1 Å². The van der Waals surface area contributed by atoms with E-state index in [2.05, 4.69) is 0 Å². The molecule has 0 aliphatic heterocycles. The maximum absolute atomic E-state index is 12.3. The fourth-order valence-electron chi connectivity index (χ4n) is 2.51. The van der Waals surface area contributed by atoms with Crippen LogP contribution in [0.3, 0.4) is 0 Å². The predicted octanol–water partition coefficient (Wildman–Crippen LogP) is 3.49. The summed E-state index contributed by atoms with van der Waals surface area (Å²) >= 11 is 0. The summed E-state index contributed by atoms with van der Waals surface area (Å²) in [4.78, 5) is 34.9. The normalized spacial score (nSPS) is 10.4. The summed E-state index contributed by atoms with van der Waals surface area (Å²) in [5.41, 5.74) is 1.32. The SMILES string of the molecule is CCOCc1cc(C(=O)OCC(=O)c2ccc(C)c([N+](=O)[O-])c2)ccc1OC. The van der Waals surface area contributed by atoms with Gasteiger partial charge in [-0.2, -0.15) is 0 Å². The van der Waals surface area contributed by atoms with Crippen molar-refractivity contribution in [2.24, 2.45) is 0 Å². The van der Waals surface area contributed by atoms with Crippen molar-refractivity contribution < 1.29 is 28.7 Å². The van der Waals surface area contributed by atoms with E-state index in [1.165, 1.54) is 31.4 Å². The highest BCUT2D eigenvalue weighted by atomic mass is 16.6. The van der Waals surface area contributed by atoms with Crippen molar-refractivity contribution >= 4 is 17.4 Å². The van der Waals surface area contributed by atoms with Crippen LogP contribution in [0.4, 0.5) is 5.69 Å². The van der Waals surface area contributed by atoms with Gasteiger partial charge in [0.1, 0.15) is 5.75 Å². The number of nitrogens with zero attached hydrogens (tertiary/aromatic N) is 1. The summed E-state index contributed by atoms with van der Waals surface area (Å²) in [6.45, 7) is 3.69. The molecule has 0 heterocycles. The van der Waals surface area contributed by atoms with E-state index in [9.17, 15) is 19.7 Å². The van der Waals surface area contributed by atoms with Crippen LogP contribution in [-0.2, 0) is 16.1 Å². The van der Waals surface area contributed by atoms with E-state index in [4.69, 9.17) is 14.2 Å². The molecule has 0 spiro atoms. The molecule has 0 amide bonds. The number of carbonyl (C=O) groups is 2. The van der Waals surface area contributed by atoms with Gasteiger partial charge < -0.3 is 14.2 Å². The standard InChI is InChI=1S/C20H21NO7/c1-4-27-11-16-9-15(7-8-19(16)26-3)20(23)28-12-18(22)14-6-5-13(2)17(10-14)21(24)25/h5-10H,4,11-12H2,1-3H3. The van der Waals surface area contributed by atoms with Gasteiger partial charge in [0.2, 0.25) is 5.78 Å². The number of aryl methyl sites for hydroxylation is 1. The molecule has 2 aromatic carbocycles. The van der Waals surface area contributed by atoms with E-state index in [1.54, 1.807) is 19.1 Å². The topological polar surface area (TPSA) is 105 Å². The number of Topliss-reactive ketones (excluding diaryl/α,β-unsaturated/α-hetero) is 1. The fourth-order valence-corrected chi connectivity index (χ4v) is 2.51. The number of nitro benzene ring substituents is 1. The lowest BCUT2D eigenvalue weighted by atomic mass is 10.1. The Hall–Kier alpha value is -3.26. The summed E-state index contributed by atoms with van der Waals surface area (Å²) < 4.78 is 15.7.